The van der Waals surface area contributed by atoms with E-state index < -0.39 is 21.7 Å². The van der Waals surface area contributed by atoms with Gasteiger partial charge in [-0.15, -0.1) is 0 Å². The second kappa shape index (κ2) is 5.98. The van der Waals surface area contributed by atoms with Gasteiger partial charge in [0.2, 0.25) is 0 Å². The van der Waals surface area contributed by atoms with Crippen molar-refractivity contribution in [3.63, 3.8) is 0 Å². The summed E-state index contributed by atoms with van der Waals surface area (Å²) in [5.41, 5.74) is 0.676. The van der Waals surface area contributed by atoms with Crippen LogP contribution in [0.2, 0.25) is 0 Å². The first-order valence-electron chi connectivity index (χ1n) is 6.22. The fraction of sp³-hybridized carbons (Fsp3) is 0.0667. The lowest BCUT2D eigenvalue weighted by atomic mass is 10.2. The fourth-order valence-electron chi connectivity index (χ4n) is 1.79. The van der Waals surface area contributed by atoms with Gasteiger partial charge in [-0.05, 0) is 42.5 Å². The minimum absolute atomic E-state index is 0.0604. The van der Waals surface area contributed by atoms with Gasteiger partial charge in [0, 0.05) is 17.5 Å². The Labute approximate surface area is 127 Å². The molecule has 7 heteroatoms. The summed E-state index contributed by atoms with van der Waals surface area (Å²) in [6.07, 6.45) is 1.08. The Morgan fingerprint density at radius 2 is 1.64 bits per heavy atom. The molecular formula is C15H13NO5S. The molecule has 0 aliphatic heterocycles. The van der Waals surface area contributed by atoms with Gasteiger partial charge in [0.1, 0.15) is 0 Å². The number of aromatic carboxylic acids is 1. The van der Waals surface area contributed by atoms with E-state index in [-0.39, 0.29) is 16.0 Å². The highest BCUT2D eigenvalue weighted by molar-refractivity contribution is 7.90. The second-order valence-corrected chi connectivity index (χ2v) is 6.65. The van der Waals surface area contributed by atoms with Crippen molar-refractivity contribution in [2.45, 2.75) is 4.90 Å². The Morgan fingerprint density at radius 3 is 2.18 bits per heavy atom. The number of carbonyl (C=O) groups excluding carboxylic acids is 1. The molecule has 0 saturated carbocycles. The predicted octanol–water partition coefficient (Wildman–Crippen LogP) is 2.04. The lowest BCUT2D eigenvalue weighted by Gasteiger charge is -2.06. The Morgan fingerprint density at radius 1 is 1.00 bits per heavy atom. The van der Waals surface area contributed by atoms with E-state index in [0.717, 1.165) is 6.26 Å². The Balaban J connectivity index is 2.19. The number of hydrogen-bond donors (Lipinski definition) is 2. The lowest BCUT2D eigenvalue weighted by molar-refractivity contribution is 0.0696. The summed E-state index contributed by atoms with van der Waals surface area (Å²) in [5, 5.41) is 11.5. The molecule has 2 N–H and O–H groups in total. The molecule has 0 atom stereocenters. The van der Waals surface area contributed by atoms with Crippen LogP contribution >= 0.6 is 0 Å². The van der Waals surface area contributed by atoms with Gasteiger partial charge in [-0.2, -0.15) is 0 Å². The average molecular weight is 319 g/mol. The average Bonchev–Trinajstić information content (AvgIpc) is 2.46. The van der Waals surface area contributed by atoms with Gasteiger partial charge in [-0.25, -0.2) is 13.2 Å². The maximum atomic E-state index is 12.0. The quantitative estimate of drug-likeness (QED) is 0.898. The largest absolute Gasteiger partial charge is 0.478 e. The van der Waals surface area contributed by atoms with E-state index in [2.05, 4.69) is 5.32 Å². The van der Waals surface area contributed by atoms with Gasteiger partial charge in [0.25, 0.3) is 5.91 Å². The number of carbonyl (C=O) groups is 2. The summed E-state index contributed by atoms with van der Waals surface area (Å²) in [6.45, 7) is 0. The number of benzene rings is 2. The molecule has 0 unspecified atom stereocenters. The van der Waals surface area contributed by atoms with Crippen LogP contribution in [0.4, 0.5) is 5.69 Å². The molecule has 0 aliphatic rings. The van der Waals surface area contributed by atoms with Gasteiger partial charge in [0.05, 0.1) is 10.5 Å². The standard InChI is InChI=1S/C15H13NO5S/c1-22(20,21)13-7-5-10(6-8-13)14(17)16-12-4-2-3-11(9-12)15(18)19/h2-9H,1H3,(H,16,17)(H,18,19). The molecule has 6 nitrogen and oxygen atoms in total. The first-order chi connectivity index (χ1) is 10.3. The summed E-state index contributed by atoms with van der Waals surface area (Å²) < 4.78 is 22.7. The van der Waals surface area contributed by atoms with Crippen LogP contribution in [0.5, 0.6) is 0 Å². The molecular weight excluding hydrogens is 306 g/mol. The molecule has 1 amide bonds. The van der Waals surface area contributed by atoms with Gasteiger partial charge in [-0.1, -0.05) is 6.07 Å². The molecule has 0 saturated heterocycles. The molecule has 0 bridgehead atoms. The number of amides is 1. The van der Waals surface area contributed by atoms with Crippen LogP contribution in [0.15, 0.2) is 53.4 Å². The zero-order valence-electron chi connectivity index (χ0n) is 11.6. The van der Waals surface area contributed by atoms with Gasteiger partial charge in [-0.3, -0.25) is 4.79 Å². The first-order valence-corrected chi connectivity index (χ1v) is 8.11. The number of carboxylic acid groups (broad SMARTS) is 1. The van der Waals surface area contributed by atoms with Crippen LogP contribution in [0.25, 0.3) is 0 Å². The highest BCUT2D eigenvalue weighted by Crippen LogP contribution is 2.14. The van der Waals surface area contributed by atoms with Crippen LogP contribution in [-0.2, 0) is 9.84 Å². The van der Waals surface area contributed by atoms with Crippen molar-refractivity contribution in [1.29, 1.82) is 0 Å². The third-order valence-corrected chi connectivity index (χ3v) is 4.04. The molecule has 0 fully saturated rings. The normalized spacial score (nSPS) is 11.0. The molecule has 0 radical (unpaired) electrons. The summed E-state index contributed by atoms with van der Waals surface area (Å²) in [4.78, 5) is 23.0. The molecule has 0 aromatic heterocycles. The minimum atomic E-state index is -3.32. The number of rotatable bonds is 4. The zero-order chi connectivity index (χ0) is 16.3. The van der Waals surface area contributed by atoms with Crippen LogP contribution in [0.3, 0.4) is 0 Å². The van der Waals surface area contributed by atoms with Crippen molar-refractivity contribution in [2.24, 2.45) is 0 Å². The van der Waals surface area contributed by atoms with E-state index in [1.165, 1.54) is 42.5 Å². The number of nitrogens with one attached hydrogen (secondary N) is 1. The smallest absolute Gasteiger partial charge is 0.335 e. The highest BCUT2D eigenvalue weighted by Gasteiger charge is 2.11. The number of hydrogen-bond acceptors (Lipinski definition) is 4. The van der Waals surface area contributed by atoms with Crippen molar-refractivity contribution in [1.82, 2.24) is 0 Å². The van der Waals surface area contributed by atoms with Crippen molar-refractivity contribution in [2.75, 3.05) is 11.6 Å². The maximum Gasteiger partial charge on any atom is 0.335 e. The van der Waals surface area contributed by atoms with E-state index in [1.54, 1.807) is 6.07 Å². The van der Waals surface area contributed by atoms with E-state index in [0.29, 0.717) is 5.69 Å². The van der Waals surface area contributed by atoms with Crippen LogP contribution < -0.4 is 5.32 Å². The van der Waals surface area contributed by atoms with Crippen molar-refractivity contribution in [3.8, 4) is 0 Å². The molecule has 0 aliphatic carbocycles. The van der Waals surface area contributed by atoms with Crippen LogP contribution in [0.1, 0.15) is 20.7 Å². The number of carboxylic acids is 1. The van der Waals surface area contributed by atoms with Crippen LogP contribution in [-0.4, -0.2) is 31.7 Å². The molecule has 2 aromatic carbocycles. The molecule has 0 heterocycles. The lowest BCUT2D eigenvalue weighted by Crippen LogP contribution is -2.12. The summed E-state index contributed by atoms with van der Waals surface area (Å²) in [5.74, 6) is -1.55. The molecule has 2 aromatic rings. The van der Waals surface area contributed by atoms with Gasteiger partial charge >= 0.3 is 5.97 Å². The van der Waals surface area contributed by atoms with E-state index in [1.807, 2.05) is 0 Å². The summed E-state index contributed by atoms with van der Waals surface area (Å²) in [7, 11) is -3.32. The van der Waals surface area contributed by atoms with E-state index in [9.17, 15) is 18.0 Å². The Bertz CT molecular complexity index is 825. The van der Waals surface area contributed by atoms with Gasteiger partial charge < -0.3 is 10.4 Å². The third kappa shape index (κ3) is 3.70. The Hall–Kier alpha value is -2.67. The second-order valence-electron chi connectivity index (χ2n) is 4.64. The molecule has 22 heavy (non-hydrogen) atoms. The SMILES string of the molecule is CS(=O)(=O)c1ccc(C(=O)Nc2cccc(C(=O)O)c2)cc1. The number of anilines is 1. The monoisotopic (exact) mass is 319 g/mol. The van der Waals surface area contributed by atoms with Crippen molar-refractivity contribution in [3.05, 3.63) is 59.7 Å². The molecule has 0 spiro atoms. The summed E-state index contributed by atoms with van der Waals surface area (Å²) >= 11 is 0. The maximum absolute atomic E-state index is 12.0. The Kier molecular flexibility index (Phi) is 4.27. The van der Waals surface area contributed by atoms with Gasteiger partial charge in [0.15, 0.2) is 9.84 Å². The molecule has 114 valence electrons. The van der Waals surface area contributed by atoms with Crippen LogP contribution in [0, 0.1) is 0 Å². The van der Waals surface area contributed by atoms with Crippen molar-refractivity contribution < 1.29 is 23.1 Å². The van der Waals surface area contributed by atoms with E-state index in [4.69, 9.17) is 5.11 Å². The van der Waals surface area contributed by atoms with Crippen molar-refractivity contribution >= 4 is 27.4 Å². The predicted molar refractivity (Wildman–Crippen MR) is 80.9 cm³/mol. The first kappa shape index (κ1) is 15.7. The fourth-order valence-corrected chi connectivity index (χ4v) is 2.42. The number of sulfone groups is 1. The topological polar surface area (TPSA) is 101 Å². The third-order valence-electron chi connectivity index (χ3n) is 2.91. The minimum Gasteiger partial charge on any atom is -0.478 e. The summed E-state index contributed by atoms with van der Waals surface area (Å²) in [6, 6.07) is 11.3. The highest BCUT2D eigenvalue weighted by atomic mass is 32.2. The van der Waals surface area contributed by atoms with E-state index >= 15 is 0 Å². The zero-order valence-corrected chi connectivity index (χ0v) is 12.4. The molecule has 2 rings (SSSR count).